The molecule has 0 heterocycles. The molecule has 0 aliphatic heterocycles. The van der Waals surface area contributed by atoms with E-state index < -0.39 is 23.2 Å². The molecule has 7 rings (SSSR count). The summed E-state index contributed by atoms with van der Waals surface area (Å²) in [5, 5.41) is 35.2. The second kappa shape index (κ2) is 18.1. The second-order valence-corrected chi connectivity index (χ2v) is 16.1. The van der Waals surface area contributed by atoms with Crippen molar-refractivity contribution in [2.24, 2.45) is 5.41 Å². The maximum atomic E-state index is 14.9. The van der Waals surface area contributed by atoms with Crippen molar-refractivity contribution >= 4 is 5.78 Å². The van der Waals surface area contributed by atoms with Crippen LogP contribution in [0.25, 0.3) is 11.1 Å². The molecule has 0 spiro atoms. The lowest BCUT2D eigenvalue weighted by molar-refractivity contribution is -0.0906. The number of fused-ring (bicyclic) bond motifs is 8. The number of ketones is 1. The summed E-state index contributed by atoms with van der Waals surface area (Å²) in [5.74, 6) is -0.115. The second-order valence-electron chi connectivity index (χ2n) is 16.1. The molecule has 2 bridgehead atoms. The van der Waals surface area contributed by atoms with Gasteiger partial charge in [0.15, 0.2) is 5.78 Å². The molecule has 3 aliphatic rings. The number of nitrogens with zero attached hydrogens (tertiary/aromatic N) is 1. The molecule has 4 aromatic carbocycles. The Morgan fingerprint density at radius 2 is 1.65 bits per heavy atom. The highest BCUT2D eigenvalue weighted by Crippen LogP contribution is 2.59. The lowest BCUT2D eigenvalue weighted by Crippen LogP contribution is -2.54. The highest BCUT2D eigenvalue weighted by Gasteiger charge is 2.57. The van der Waals surface area contributed by atoms with Crippen LogP contribution in [0.1, 0.15) is 104 Å². The van der Waals surface area contributed by atoms with Gasteiger partial charge in [0, 0.05) is 29.6 Å². The predicted octanol–water partition coefficient (Wildman–Crippen LogP) is 8.91. The number of ether oxygens (including phenoxy) is 1. The van der Waals surface area contributed by atoms with Gasteiger partial charge < -0.3 is 20.1 Å². The van der Waals surface area contributed by atoms with E-state index in [9.17, 15) is 20.1 Å². The van der Waals surface area contributed by atoms with Crippen LogP contribution in [0.15, 0.2) is 115 Å². The lowest BCUT2D eigenvalue weighted by atomic mass is 9.64. The zero-order chi connectivity index (χ0) is 38.1. The molecule has 0 saturated heterocycles. The minimum Gasteiger partial charge on any atom is -0.393 e. The number of aliphatic hydroxyl groups is 3. The third kappa shape index (κ3) is 9.30. The van der Waals surface area contributed by atoms with Gasteiger partial charge in [0.1, 0.15) is 0 Å². The first-order valence-corrected chi connectivity index (χ1v) is 20.0. The van der Waals surface area contributed by atoms with Crippen molar-refractivity contribution in [1.82, 2.24) is 4.90 Å². The minimum atomic E-state index is -1.06. The van der Waals surface area contributed by atoms with Crippen LogP contribution in [-0.4, -0.2) is 70.1 Å². The van der Waals surface area contributed by atoms with Crippen LogP contribution in [0.2, 0.25) is 0 Å². The zero-order valence-corrected chi connectivity index (χ0v) is 32.4. The number of carbonyl (C=O) groups is 1. The van der Waals surface area contributed by atoms with Crippen LogP contribution < -0.4 is 0 Å². The summed E-state index contributed by atoms with van der Waals surface area (Å²) in [6.45, 7) is 8.73. The molecule has 5 unspecified atom stereocenters. The standard InChI is InChI=1S/C48H59NO5/c1-4-28-49(31-40(51)33-54-32-36-15-7-5-8-16-36)34-48(53)27-25-45-42-24-22-37(29-39(50)23-21-35(2)14-13-26-47(45,48)3)30-44(42)46(52)43-20-12-11-19-41(43)38-17-9-6-10-18-38/h5-12,14-20,22,24,30,39-40,45,50-51,53H,4,13,21,23,25-29,31-34H2,1-3H3. The number of hydrogen-bond donors (Lipinski definition) is 3. The Morgan fingerprint density at radius 1 is 0.926 bits per heavy atom. The fraction of sp³-hybridized carbons (Fsp3) is 0.438. The minimum absolute atomic E-state index is 0.0346. The molecule has 3 aliphatic carbocycles. The van der Waals surface area contributed by atoms with Gasteiger partial charge in [-0.1, -0.05) is 123 Å². The van der Waals surface area contributed by atoms with Crippen LogP contribution in [0.3, 0.4) is 0 Å². The number of aliphatic hydroxyl groups excluding tert-OH is 2. The number of hydrogen-bond acceptors (Lipinski definition) is 6. The Bertz CT molecular complexity index is 1860. The van der Waals surface area contributed by atoms with Gasteiger partial charge in [-0.25, -0.2) is 0 Å². The molecule has 0 radical (unpaired) electrons. The fourth-order valence-electron chi connectivity index (χ4n) is 9.05. The monoisotopic (exact) mass is 729 g/mol. The molecular weight excluding hydrogens is 671 g/mol. The Kier molecular flexibility index (Phi) is 13.4. The first-order chi connectivity index (χ1) is 26.1. The molecule has 5 atom stereocenters. The number of benzene rings is 4. The molecule has 54 heavy (non-hydrogen) atoms. The van der Waals surface area contributed by atoms with E-state index in [2.05, 4.69) is 43.9 Å². The average Bonchev–Trinajstić information content (AvgIpc) is 3.42. The molecule has 286 valence electrons. The van der Waals surface area contributed by atoms with Gasteiger partial charge in [-0.3, -0.25) is 9.69 Å². The van der Waals surface area contributed by atoms with Crippen molar-refractivity contribution < 1.29 is 24.9 Å². The summed E-state index contributed by atoms with van der Waals surface area (Å²) in [5.41, 5.74) is 5.78. The normalized spacial score (nSPS) is 23.8. The predicted molar refractivity (Wildman–Crippen MR) is 218 cm³/mol. The van der Waals surface area contributed by atoms with Crippen molar-refractivity contribution in [1.29, 1.82) is 0 Å². The highest BCUT2D eigenvalue weighted by atomic mass is 16.5. The van der Waals surface area contributed by atoms with Crippen LogP contribution in [0.4, 0.5) is 0 Å². The lowest BCUT2D eigenvalue weighted by Gasteiger charge is -2.46. The first-order valence-electron chi connectivity index (χ1n) is 20.0. The SMILES string of the molecule is CCCN(CC(O)COCc1ccccc1)CC1(O)CCC2c3ccc(cc3C(=O)c3ccccc3-c3ccccc3)CC(O)CCC(C)=CCCC21C. The van der Waals surface area contributed by atoms with E-state index in [1.165, 1.54) is 5.57 Å². The van der Waals surface area contributed by atoms with Gasteiger partial charge in [0.25, 0.3) is 0 Å². The van der Waals surface area contributed by atoms with Crippen LogP contribution >= 0.6 is 0 Å². The van der Waals surface area contributed by atoms with E-state index in [1.807, 2.05) is 91.0 Å². The highest BCUT2D eigenvalue weighted by molar-refractivity contribution is 6.13. The number of carbonyl (C=O) groups excluding carboxylic acids is 1. The van der Waals surface area contributed by atoms with Crippen molar-refractivity contribution in [3.05, 3.63) is 143 Å². The third-order valence-corrected chi connectivity index (χ3v) is 12.1. The Balaban J connectivity index is 1.34. The van der Waals surface area contributed by atoms with Crippen LogP contribution in [0.5, 0.6) is 0 Å². The quantitative estimate of drug-likeness (QED) is 0.0941. The van der Waals surface area contributed by atoms with Crippen molar-refractivity contribution in [3.8, 4) is 11.1 Å². The van der Waals surface area contributed by atoms with E-state index >= 15 is 0 Å². The van der Waals surface area contributed by atoms with Gasteiger partial charge in [0.2, 0.25) is 0 Å². The Morgan fingerprint density at radius 3 is 2.41 bits per heavy atom. The van der Waals surface area contributed by atoms with Crippen molar-refractivity contribution in [3.63, 3.8) is 0 Å². The summed E-state index contributed by atoms with van der Waals surface area (Å²) in [6, 6.07) is 34.1. The molecule has 1 saturated carbocycles. The van der Waals surface area contributed by atoms with E-state index in [4.69, 9.17) is 4.74 Å². The average molecular weight is 730 g/mol. The van der Waals surface area contributed by atoms with E-state index in [0.29, 0.717) is 50.1 Å². The van der Waals surface area contributed by atoms with Crippen molar-refractivity contribution in [2.75, 3.05) is 26.2 Å². The van der Waals surface area contributed by atoms with E-state index in [-0.39, 0.29) is 18.3 Å². The fourth-order valence-corrected chi connectivity index (χ4v) is 9.05. The third-order valence-electron chi connectivity index (χ3n) is 12.1. The van der Waals surface area contributed by atoms with Crippen molar-refractivity contribution in [2.45, 2.75) is 102 Å². The summed E-state index contributed by atoms with van der Waals surface area (Å²) in [7, 11) is 0. The Labute approximate surface area is 322 Å². The zero-order valence-electron chi connectivity index (χ0n) is 32.4. The largest absolute Gasteiger partial charge is 0.393 e. The molecule has 6 heteroatoms. The van der Waals surface area contributed by atoms with E-state index in [1.54, 1.807) is 0 Å². The first kappa shape index (κ1) is 39.8. The molecule has 0 aromatic heterocycles. The molecular formula is C48H59NO5. The van der Waals surface area contributed by atoms with Gasteiger partial charge in [-0.15, -0.1) is 0 Å². The van der Waals surface area contributed by atoms with Gasteiger partial charge >= 0.3 is 0 Å². The summed E-state index contributed by atoms with van der Waals surface area (Å²) >= 11 is 0. The summed E-state index contributed by atoms with van der Waals surface area (Å²) in [4.78, 5) is 17.2. The molecule has 0 amide bonds. The van der Waals surface area contributed by atoms with Gasteiger partial charge in [0.05, 0.1) is 31.0 Å². The Hall–Kier alpha value is -3.91. The number of rotatable bonds is 13. The van der Waals surface area contributed by atoms with Gasteiger partial charge in [-0.2, -0.15) is 0 Å². The van der Waals surface area contributed by atoms with Crippen LogP contribution in [-0.2, 0) is 17.8 Å². The maximum absolute atomic E-state index is 14.9. The topological polar surface area (TPSA) is 90.2 Å². The molecule has 1 fully saturated rings. The smallest absolute Gasteiger partial charge is 0.193 e. The molecule has 4 aromatic rings. The van der Waals surface area contributed by atoms with Gasteiger partial charge in [-0.05, 0) is 105 Å². The summed E-state index contributed by atoms with van der Waals surface area (Å²) < 4.78 is 5.90. The van der Waals surface area contributed by atoms with E-state index in [0.717, 1.165) is 66.5 Å². The van der Waals surface area contributed by atoms with Crippen LogP contribution in [0, 0.1) is 5.41 Å². The summed E-state index contributed by atoms with van der Waals surface area (Å²) in [6.07, 6.45) is 6.76. The molecule has 3 N–H and O–H groups in total. The number of allylic oxidation sites excluding steroid dienone is 2. The molecule has 6 nitrogen and oxygen atoms in total. The maximum Gasteiger partial charge on any atom is 0.193 e.